The molecule has 18 heavy (non-hydrogen) atoms. The van der Waals surface area contributed by atoms with Crippen molar-refractivity contribution in [2.75, 3.05) is 19.4 Å². The van der Waals surface area contributed by atoms with Gasteiger partial charge < -0.3 is 15.4 Å². The van der Waals surface area contributed by atoms with E-state index in [2.05, 4.69) is 6.92 Å². The molecular formula is C14H22N2O2. The predicted octanol–water partition coefficient (Wildman–Crippen LogP) is 2.54. The maximum atomic E-state index is 12.5. The summed E-state index contributed by atoms with van der Waals surface area (Å²) >= 11 is 0. The first-order valence-corrected chi connectivity index (χ1v) is 6.29. The van der Waals surface area contributed by atoms with E-state index in [0.29, 0.717) is 23.5 Å². The number of hydrogen-bond acceptors (Lipinski definition) is 3. The lowest BCUT2D eigenvalue weighted by atomic mass is 10.1. The molecule has 1 aromatic carbocycles. The van der Waals surface area contributed by atoms with Gasteiger partial charge in [0, 0.05) is 24.3 Å². The number of nitrogen functional groups attached to an aromatic ring is 1. The Kier molecular flexibility index (Phi) is 5.01. The maximum absolute atomic E-state index is 12.5. The summed E-state index contributed by atoms with van der Waals surface area (Å²) in [7, 11) is 1.55. The lowest BCUT2D eigenvalue weighted by Gasteiger charge is -2.27. The van der Waals surface area contributed by atoms with Crippen LogP contribution in [0.1, 0.15) is 37.6 Å². The van der Waals surface area contributed by atoms with E-state index in [1.807, 2.05) is 18.7 Å². The summed E-state index contributed by atoms with van der Waals surface area (Å²) in [5, 5.41) is 0. The molecule has 4 nitrogen and oxygen atoms in total. The zero-order chi connectivity index (χ0) is 13.7. The fourth-order valence-electron chi connectivity index (χ4n) is 1.92. The number of benzene rings is 1. The molecule has 4 heteroatoms. The molecule has 1 amide bonds. The zero-order valence-electron chi connectivity index (χ0n) is 11.6. The van der Waals surface area contributed by atoms with Crippen molar-refractivity contribution in [1.29, 1.82) is 0 Å². The van der Waals surface area contributed by atoms with Crippen LogP contribution in [0.25, 0.3) is 0 Å². The number of rotatable bonds is 5. The zero-order valence-corrected chi connectivity index (χ0v) is 11.6. The molecule has 100 valence electrons. The van der Waals surface area contributed by atoms with Crippen LogP contribution in [0.4, 0.5) is 5.69 Å². The number of nitrogens with two attached hydrogens (primary N) is 1. The van der Waals surface area contributed by atoms with Gasteiger partial charge in [0.05, 0.1) is 12.7 Å². The fraction of sp³-hybridized carbons (Fsp3) is 0.500. The largest absolute Gasteiger partial charge is 0.496 e. The highest BCUT2D eigenvalue weighted by atomic mass is 16.5. The number of ether oxygens (including phenoxy) is 1. The molecule has 0 heterocycles. The number of anilines is 1. The van der Waals surface area contributed by atoms with Crippen molar-refractivity contribution in [3.05, 3.63) is 23.8 Å². The van der Waals surface area contributed by atoms with Gasteiger partial charge in [0.25, 0.3) is 5.91 Å². The van der Waals surface area contributed by atoms with Crippen molar-refractivity contribution in [2.45, 2.75) is 33.2 Å². The lowest BCUT2D eigenvalue weighted by Crippen LogP contribution is -2.38. The quantitative estimate of drug-likeness (QED) is 0.817. The highest BCUT2D eigenvalue weighted by molar-refractivity contribution is 5.97. The number of nitrogens with zero attached hydrogens (tertiary/aromatic N) is 1. The second-order valence-electron chi connectivity index (χ2n) is 4.31. The van der Waals surface area contributed by atoms with Crippen molar-refractivity contribution in [3.63, 3.8) is 0 Å². The minimum atomic E-state index is -0.0105. The normalized spacial score (nSPS) is 12.0. The molecule has 0 saturated heterocycles. The number of hydrogen-bond donors (Lipinski definition) is 1. The van der Waals surface area contributed by atoms with Crippen molar-refractivity contribution in [1.82, 2.24) is 4.90 Å². The molecule has 0 aromatic heterocycles. The van der Waals surface area contributed by atoms with Crippen LogP contribution < -0.4 is 10.5 Å². The number of amides is 1. The summed E-state index contributed by atoms with van der Waals surface area (Å²) in [6, 6.07) is 5.34. The molecule has 1 aromatic rings. The highest BCUT2D eigenvalue weighted by Gasteiger charge is 2.21. The Labute approximate surface area is 109 Å². The van der Waals surface area contributed by atoms with Gasteiger partial charge in [-0.05, 0) is 32.4 Å². The second-order valence-corrected chi connectivity index (χ2v) is 4.31. The van der Waals surface area contributed by atoms with Crippen LogP contribution in [-0.2, 0) is 0 Å². The number of carbonyl (C=O) groups is 1. The third-order valence-electron chi connectivity index (χ3n) is 3.18. The molecular weight excluding hydrogens is 228 g/mol. The van der Waals surface area contributed by atoms with E-state index in [1.165, 1.54) is 0 Å². The second kappa shape index (κ2) is 6.28. The van der Waals surface area contributed by atoms with E-state index >= 15 is 0 Å². The Morgan fingerprint density at radius 3 is 2.61 bits per heavy atom. The van der Waals surface area contributed by atoms with Gasteiger partial charge in [-0.3, -0.25) is 4.79 Å². The van der Waals surface area contributed by atoms with Crippen LogP contribution >= 0.6 is 0 Å². The Morgan fingerprint density at radius 1 is 1.44 bits per heavy atom. The van der Waals surface area contributed by atoms with Gasteiger partial charge in [-0.1, -0.05) is 6.92 Å². The van der Waals surface area contributed by atoms with Crippen LogP contribution in [0.5, 0.6) is 5.75 Å². The molecule has 0 aliphatic heterocycles. The predicted molar refractivity (Wildman–Crippen MR) is 73.9 cm³/mol. The summed E-state index contributed by atoms with van der Waals surface area (Å²) in [6.45, 7) is 6.78. The molecule has 0 radical (unpaired) electrons. The minimum Gasteiger partial charge on any atom is -0.496 e. The van der Waals surface area contributed by atoms with E-state index in [4.69, 9.17) is 10.5 Å². The summed E-state index contributed by atoms with van der Waals surface area (Å²) in [6.07, 6.45) is 0.927. The standard InChI is InChI=1S/C14H22N2O2/c1-5-10(3)16(6-2)14(17)12-8-7-11(15)9-13(12)18-4/h7-10H,5-6,15H2,1-4H3. The van der Waals surface area contributed by atoms with Crippen molar-refractivity contribution >= 4 is 11.6 Å². The van der Waals surface area contributed by atoms with Crippen molar-refractivity contribution in [2.24, 2.45) is 0 Å². The number of carbonyl (C=O) groups excluding carboxylic acids is 1. The van der Waals surface area contributed by atoms with Crippen LogP contribution in [0.2, 0.25) is 0 Å². The molecule has 1 atom stereocenters. The first kappa shape index (κ1) is 14.4. The molecule has 1 rings (SSSR count). The van der Waals surface area contributed by atoms with Gasteiger partial charge in [-0.2, -0.15) is 0 Å². The third kappa shape index (κ3) is 2.94. The van der Waals surface area contributed by atoms with Gasteiger partial charge in [0.2, 0.25) is 0 Å². The maximum Gasteiger partial charge on any atom is 0.257 e. The lowest BCUT2D eigenvalue weighted by molar-refractivity contribution is 0.0696. The molecule has 0 aliphatic carbocycles. The van der Waals surface area contributed by atoms with Gasteiger partial charge in [0.1, 0.15) is 5.75 Å². The average Bonchev–Trinajstić information content (AvgIpc) is 2.38. The van der Waals surface area contributed by atoms with Crippen LogP contribution in [0, 0.1) is 0 Å². The minimum absolute atomic E-state index is 0.0105. The van der Waals surface area contributed by atoms with Crippen molar-refractivity contribution < 1.29 is 9.53 Å². The average molecular weight is 250 g/mol. The molecule has 0 aliphatic rings. The Hall–Kier alpha value is -1.71. The van der Waals surface area contributed by atoms with Crippen LogP contribution in [0.15, 0.2) is 18.2 Å². The van der Waals surface area contributed by atoms with E-state index in [0.717, 1.165) is 6.42 Å². The van der Waals surface area contributed by atoms with Crippen LogP contribution in [-0.4, -0.2) is 30.5 Å². The Balaban J connectivity index is 3.09. The highest BCUT2D eigenvalue weighted by Crippen LogP contribution is 2.24. The van der Waals surface area contributed by atoms with E-state index < -0.39 is 0 Å². The van der Waals surface area contributed by atoms with E-state index in [1.54, 1.807) is 25.3 Å². The Morgan fingerprint density at radius 2 is 2.11 bits per heavy atom. The Bertz CT molecular complexity index is 418. The van der Waals surface area contributed by atoms with E-state index in [9.17, 15) is 4.79 Å². The van der Waals surface area contributed by atoms with Gasteiger partial charge in [-0.25, -0.2) is 0 Å². The third-order valence-corrected chi connectivity index (χ3v) is 3.18. The smallest absolute Gasteiger partial charge is 0.257 e. The first-order chi connectivity index (χ1) is 8.54. The number of methoxy groups -OCH3 is 1. The fourth-order valence-corrected chi connectivity index (χ4v) is 1.92. The molecule has 1 unspecified atom stereocenters. The monoisotopic (exact) mass is 250 g/mol. The SMILES string of the molecule is CCC(C)N(CC)C(=O)c1ccc(N)cc1OC. The van der Waals surface area contributed by atoms with Crippen molar-refractivity contribution in [3.8, 4) is 5.75 Å². The molecule has 0 fully saturated rings. The van der Waals surface area contributed by atoms with Gasteiger partial charge in [0.15, 0.2) is 0 Å². The summed E-state index contributed by atoms with van der Waals surface area (Å²) in [4.78, 5) is 14.3. The van der Waals surface area contributed by atoms with Crippen LogP contribution in [0.3, 0.4) is 0 Å². The summed E-state index contributed by atoms with van der Waals surface area (Å²) < 4.78 is 5.23. The van der Waals surface area contributed by atoms with E-state index in [-0.39, 0.29) is 11.9 Å². The summed E-state index contributed by atoms with van der Waals surface area (Å²) in [5.74, 6) is 0.519. The van der Waals surface area contributed by atoms with Gasteiger partial charge >= 0.3 is 0 Å². The topological polar surface area (TPSA) is 55.6 Å². The summed E-state index contributed by atoms with van der Waals surface area (Å²) in [5.41, 5.74) is 6.85. The van der Waals surface area contributed by atoms with Gasteiger partial charge in [-0.15, -0.1) is 0 Å². The first-order valence-electron chi connectivity index (χ1n) is 6.29. The molecule has 0 bridgehead atoms. The molecule has 0 spiro atoms. The molecule has 0 saturated carbocycles. The molecule has 2 N–H and O–H groups in total.